The third-order valence-corrected chi connectivity index (χ3v) is 3.23. The second-order valence-corrected chi connectivity index (χ2v) is 6.41. The van der Waals surface area contributed by atoms with Crippen molar-refractivity contribution in [2.45, 2.75) is 40.2 Å². The van der Waals surface area contributed by atoms with Gasteiger partial charge in [-0.1, -0.05) is 0 Å². The summed E-state index contributed by atoms with van der Waals surface area (Å²) in [5.41, 5.74) is 2.68. The molecule has 0 unspecified atom stereocenters. The van der Waals surface area contributed by atoms with Gasteiger partial charge in [0, 0.05) is 28.7 Å². The van der Waals surface area contributed by atoms with Gasteiger partial charge in [0.2, 0.25) is 0 Å². The lowest BCUT2D eigenvalue weighted by atomic mass is 9.99. The van der Waals surface area contributed by atoms with Gasteiger partial charge in [0.05, 0.1) is 0 Å². The van der Waals surface area contributed by atoms with Crippen LogP contribution in [0.3, 0.4) is 0 Å². The Morgan fingerprint density at radius 3 is 2.48 bits per heavy atom. The van der Waals surface area contributed by atoms with E-state index in [2.05, 4.69) is 10.3 Å². The number of aromatic nitrogens is 1. The summed E-state index contributed by atoms with van der Waals surface area (Å²) in [6.45, 7) is 9.06. The van der Waals surface area contributed by atoms with Gasteiger partial charge in [-0.2, -0.15) is 0 Å². The van der Waals surface area contributed by atoms with Crippen LogP contribution in [0.4, 0.5) is 14.9 Å². The first-order valence-corrected chi connectivity index (χ1v) is 7.39. The van der Waals surface area contributed by atoms with Crippen molar-refractivity contribution in [1.29, 1.82) is 0 Å². The van der Waals surface area contributed by atoms with Crippen LogP contribution in [0.15, 0.2) is 30.5 Å². The zero-order valence-electron chi connectivity index (χ0n) is 14.0. The van der Waals surface area contributed by atoms with Gasteiger partial charge in [-0.05, 0) is 64.4 Å². The molecule has 4 nitrogen and oxygen atoms in total. The first-order chi connectivity index (χ1) is 10.7. The van der Waals surface area contributed by atoms with E-state index in [-0.39, 0.29) is 0 Å². The van der Waals surface area contributed by atoms with Gasteiger partial charge in [0.1, 0.15) is 11.4 Å². The number of nitrogens with one attached hydrogen (secondary N) is 1. The molecule has 0 atom stereocenters. The van der Waals surface area contributed by atoms with Crippen molar-refractivity contribution in [2.75, 3.05) is 5.32 Å². The number of rotatable bonds is 2. The summed E-state index contributed by atoms with van der Waals surface area (Å²) in [5, 5.41) is 2.53. The number of halogens is 1. The minimum atomic E-state index is -0.613. The molecule has 1 aromatic heterocycles. The quantitative estimate of drug-likeness (QED) is 0.861. The Labute approximate surface area is 135 Å². The monoisotopic (exact) mass is 316 g/mol. The fraction of sp³-hybridized carbons (Fsp3) is 0.333. The molecule has 0 fully saturated rings. The molecular formula is C18H21FN2O2. The van der Waals surface area contributed by atoms with Crippen molar-refractivity contribution in [3.8, 4) is 11.1 Å². The van der Waals surface area contributed by atoms with E-state index < -0.39 is 17.5 Å². The molecule has 0 saturated heterocycles. The van der Waals surface area contributed by atoms with Crippen LogP contribution in [0.1, 0.15) is 32.0 Å². The number of hydrogen-bond donors (Lipinski definition) is 1. The molecule has 1 N–H and O–H groups in total. The van der Waals surface area contributed by atoms with Gasteiger partial charge in [-0.3, -0.25) is 10.3 Å². The molecule has 0 bridgehead atoms. The van der Waals surface area contributed by atoms with E-state index in [0.717, 1.165) is 16.8 Å². The average Bonchev–Trinajstić information content (AvgIpc) is 2.38. The van der Waals surface area contributed by atoms with Crippen molar-refractivity contribution < 1.29 is 13.9 Å². The highest BCUT2D eigenvalue weighted by molar-refractivity contribution is 5.85. The van der Waals surface area contributed by atoms with Gasteiger partial charge in [-0.25, -0.2) is 9.18 Å². The minimum absolute atomic E-state index is 0.347. The summed E-state index contributed by atoms with van der Waals surface area (Å²) in [5.74, 6) is -0.419. The molecule has 23 heavy (non-hydrogen) atoms. The molecule has 0 spiro atoms. The molecule has 122 valence electrons. The van der Waals surface area contributed by atoms with E-state index in [4.69, 9.17) is 4.74 Å². The SMILES string of the molecule is Cc1ccnc(C)c1-c1ccc(NC(=O)OC(C)(C)C)cc1F. The molecule has 1 aromatic carbocycles. The van der Waals surface area contributed by atoms with Crippen molar-refractivity contribution in [3.05, 3.63) is 47.5 Å². The Morgan fingerprint density at radius 1 is 1.22 bits per heavy atom. The summed E-state index contributed by atoms with van der Waals surface area (Å²) < 4.78 is 19.6. The maximum absolute atomic E-state index is 14.5. The van der Waals surface area contributed by atoms with E-state index in [0.29, 0.717) is 11.3 Å². The fourth-order valence-electron chi connectivity index (χ4n) is 2.32. The molecule has 0 saturated carbocycles. The van der Waals surface area contributed by atoms with Crippen LogP contribution in [0, 0.1) is 19.7 Å². The number of carbonyl (C=O) groups excluding carboxylic acids is 1. The van der Waals surface area contributed by atoms with Gasteiger partial charge in [0.15, 0.2) is 0 Å². The van der Waals surface area contributed by atoms with Crippen LogP contribution in [0.25, 0.3) is 11.1 Å². The number of hydrogen-bond acceptors (Lipinski definition) is 3. The first kappa shape index (κ1) is 16.9. The van der Waals surface area contributed by atoms with Crippen LogP contribution in [0.5, 0.6) is 0 Å². The second-order valence-electron chi connectivity index (χ2n) is 6.41. The van der Waals surface area contributed by atoms with E-state index in [9.17, 15) is 9.18 Å². The Balaban J connectivity index is 2.27. The zero-order chi connectivity index (χ0) is 17.2. The Hall–Kier alpha value is -2.43. The standard InChI is InChI=1S/C18H21FN2O2/c1-11-8-9-20-12(2)16(11)14-7-6-13(10-15(14)19)21-17(22)23-18(3,4)5/h6-10H,1-5H3,(H,21,22). The van der Waals surface area contributed by atoms with Crippen molar-refractivity contribution in [2.24, 2.45) is 0 Å². The van der Waals surface area contributed by atoms with Crippen LogP contribution >= 0.6 is 0 Å². The third-order valence-electron chi connectivity index (χ3n) is 3.23. The largest absolute Gasteiger partial charge is 0.444 e. The first-order valence-electron chi connectivity index (χ1n) is 7.39. The highest BCUT2D eigenvalue weighted by atomic mass is 19.1. The minimum Gasteiger partial charge on any atom is -0.444 e. The van der Waals surface area contributed by atoms with Crippen LogP contribution in [0.2, 0.25) is 0 Å². The van der Waals surface area contributed by atoms with Crippen LogP contribution in [-0.2, 0) is 4.74 Å². The highest BCUT2D eigenvalue weighted by Gasteiger charge is 2.17. The predicted octanol–water partition coefficient (Wildman–Crippen LogP) is 4.85. The number of ether oxygens (including phenoxy) is 1. The van der Waals surface area contributed by atoms with Crippen LogP contribution < -0.4 is 5.32 Å². The smallest absolute Gasteiger partial charge is 0.412 e. The van der Waals surface area contributed by atoms with Crippen molar-refractivity contribution in [1.82, 2.24) is 4.98 Å². The predicted molar refractivity (Wildman–Crippen MR) is 89.0 cm³/mol. The molecule has 2 rings (SSSR count). The van der Waals surface area contributed by atoms with E-state index in [1.807, 2.05) is 19.9 Å². The van der Waals surface area contributed by atoms with Crippen molar-refractivity contribution >= 4 is 11.8 Å². The van der Waals surface area contributed by atoms with E-state index >= 15 is 0 Å². The number of carbonyl (C=O) groups is 1. The number of benzene rings is 1. The Kier molecular flexibility index (Phi) is 4.68. The highest BCUT2D eigenvalue weighted by Crippen LogP contribution is 2.30. The molecule has 0 aliphatic carbocycles. The van der Waals surface area contributed by atoms with Gasteiger partial charge >= 0.3 is 6.09 Å². The number of amides is 1. The molecule has 0 radical (unpaired) electrons. The molecule has 5 heteroatoms. The molecule has 1 heterocycles. The molecule has 0 aliphatic heterocycles. The summed E-state index contributed by atoms with van der Waals surface area (Å²) in [7, 11) is 0. The van der Waals surface area contributed by atoms with E-state index in [1.54, 1.807) is 39.1 Å². The number of nitrogens with zero attached hydrogens (tertiary/aromatic N) is 1. The number of anilines is 1. The summed E-state index contributed by atoms with van der Waals surface area (Å²) in [6.07, 6.45) is 1.09. The third kappa shape index (κ3) is 4.28. The lowest BCUT2D eigenvalue weighted by Crippen LogP contribution is -2.27. The Bertz CT molecular complexity index is 716. The molecule has 2 aromatic rings. The summed E-state index contributed by atoms with van der Waals surface area (Å²) in [4.78, 5) is 15.9. The van der Waals surface area contributed by atoms with Gasteiger partial charge in [0.25, 0.3) is 0 Å². The topological polar surface area (TPSA) is 51.2 Å². The number of aryl methyl sites for hydroxylation is 2. The average molecular weight is 316 g/mol. The lowest BCUT2D eigenvalue weighted by molar-refractivity contribution is 0.0636. The van der Waals surface area contributed by atoms with Gasteiger partial charge < -0.3 is 4.74 Å². The van der Waals surface area contributed by atoms with E-state index in [1.165, 1.54) is 6.07 Å². The van der Waals surface area contributed by atoms with Crippen molar-refractivity contribution in [3.63, 3.8) is 0 Å². The van der Waals surface area contributed by atoms with Crippen LogP contribution in [-0.4, -0.2) is 16.7 Å². The second kappa shape index (κ2) is 6.36. The maximum Gasteiger partial charge on any atom is 0.412 e. The Morgan fingerprint density at radius 2 is 1.91 bits per heavy atom. The lowest BCUT2D eigenvalue weighted by Gasteiger charge is -2.20. The summed E-state index contributed by atoms with van der Waals surface area (Å²) >= 11 is 0. The fourth-order valence-corrected chi connectivity index (χ4v) is 2.32. The number of pyridine rings is 1. The molecule has 0 aliphatic rings. The summed E-state index contributed by atoms with van der Waals surface area (Å²) in [6, 6.07) is 6.41. The van der Waals surface area contributed by atoms with Gasteiger partial charge in [-0.15, -0.1) is 0 Å². The molecular weight excluding hydrogens is 295 g/mol. The maximum atomic E-state index is 14.5. The zero-order valence-corrected chi connectivity index (χ0v) is 14.0. The molecule has 1 amide bonds. The normalized spacial score (nSPS) is 11.2.